The SMILES string of the molecule is COc1ccc(NC(=O)COc2cc(C)c(Br)cc2C(C)C)c(OC)c1. The number of rotatable bonds is 7. The van der Waals surface area contributed by atoms with Crippen molar-refractivity contribution in [3.05, 3.63) is 45.9 Å². The van der Waals surface area contributed by atoms with Gasteiger partial charge in [-0.3, -0.25) is 4.79 Å². The second-order valence-electron chi connectivity index (χ2n) is 6.20. The molecule has 2 aromatic rings. The van der Waals surface area contributed by atoms with E-state index in [9.17, 15) is 4.79 Å². The highest BCUT2D eigenvalue weighted by Gasteiger charge is 2.14. The molecular weight excluding hydrogens is 398 g/mol. The van der Waals surface area contributed by atoms with Crippen molar-refractivity contribution in [1.29, 1.82) is 0 Å². The van der Waals surface area contributed by atoms with Gasteiger partial charge in [0, 0.05) is 10.5 Å². The van der Waals surface area contributed by atoms with Crippen molar-refractivity contribution in [3.8, 4) is 17.2 Å². The minimum atomic E-state index is -0.260. The number of hydrogen-bond acceptors (Lipinski definition) is 4. The monoisotopic (exact) mass is 421 g/mol. The molecule has 0 aromatic heterocycles. The molecule has 6 heteroatoms. The molecular formula is C20H24BrNO4. The maximum atomic E-state index is 12.3. The van der Waals surface area contributed by atoms with Crippen molar-refractivity contribution in [1.82, 2.24) is 0 Å². The summed E-state index contributed by atoms with van der Waals surface area (Å²) < 4.78 is 17.3. The fraction of sp³-hybridized carbons (Fsp3) is 0.350. The predicted octanol–water partition coefficient (Wildman–Crippen LogP) is 4.92. The molecule has 0 spiro atoms. The summed E-state index contributed by atoms with van der Waals surface area (Å²) in [6.45, 7) is 6.08. The molecule has 0 fully saturated rings. The molecule has 0 unspecified atom stereocenters. The second kappa shape index (κ2) is 8.94. The average molecular weight is 422 g/mol. The van der Waals surface area contributed by atoms with Gasteiger partial charge in [-0.25, -0.2) is 0 Å². The van der Waals surface area contributed by atoms with Crippen LogP contribution in [-0.4, -0.2) is 26.7 Å². The predicted molar refractivity (Wildman–Crippen MR) is 107 cm³/mol. The first-order valence-electron chi connectivity index (χ1n) is 8.30. The van der Waals surface area contributed by atoms with Gasteiger partial charge in [-0.2, -0.15) is 0 Å². The molecule has 0 radical (unpaired) electrons. The van der Waals surface area contributed by atoms with Crippen LogP contribution < -0.4 is 19.5 Å². The number of ether oxygens (including phenoxy) is 3. The first-order valence-corrected chi connectivity index (χ1v) is 9.09. The van der Waals surface area contributed by atoms with E-state index in [-0.39, 0.29) is 18.4 Å². The summed E-state index contributed by atoms with van der Waals surface area (Å²) in [5.74, 6) is 1.93. The van der Waals surface area contributed by atoms with Crippen LogP contribution in [0.2, 0.25) is 0 Å². The highest BCUT2D eigenvalue weighted by molar-refractivity contribution is 9.10. The van der Waals surface area contributed by atoms with Crippen LogP contribution in [0.25, 0.3) is 0 Å². The largest absolute Gasteiger partial charge is 0.497 e. The lowest BCUT2D eigenvalue weighted by Crippen LogP contribution is -2.21. The van der Waals surface area contributed by atoms with Gasteiger partial charge in [-0.05, 0) is 48.2 Å². The average Bonchev–Trinajstić information content (AvgIpc) is 2.62. The van der Waals surface area contributed by atoms with Crippen LogP contribution in [0.5, 0.6) is 17.2 Å². The first kappa shape index (κ1) is 20.1. The van der Waals surface area contributed by atoms with Crippen LogP contribution in [0.3, 0.4) is 0 Å². The van der Waals surface area contributed by atoms with E-state index in [2.05, 4.69) is 35.1 Å². The molecule has 5 nitrogen and oxygen atoms in total. The molecule has 0 aliphatic rings. The van der Waals surface area contributed by atoms with E-state index in [0.29, 0.717) is 17.2 Å². The van der Waals surface area contributed by atoms with E-state index in [4.69, 9.17) is 14.2 Å². The fourth-order valence-electron chi connectivity index (χ4n) is 2.48. The summed E-state index contributed by atoms with van der Waals surface area (Å²) in [5, 5.41) is 2.80. The van der Waals surface area contributed by atoms with E-state index < -0.39 is 0 Å². The van der Waals surface area contributed by atoms with Crippen LogP contribution in [0.15, 0.2) is 34.8 Å². The Morgan fingerprint density at radius 1 is 1.12 bits per heavy atom. The minimum Gasteiger partial charge on any atom is -0.497 e. The van der Waals surface area contributed by atoms with Gasteiger partial charge in [-0.1, -0.05) is 29.8 Å². The van der Waals surface area contributed by atoms with Gasteiger partial charge < -0.3 is 19.5 Å². The van der Waals surface area contributed by atoms with Crippen molar-refractivity contribution in [2.45, 2.75) is 26.7 Å². The Kier molecular flexibility index (Phi) is 6.91. The van der Waals surface area contributed by atoms with Gasteiger partial charge in [0.25, 0.3) is 5.91 Å². The van der Waals surface area contributed by atoms with Gasteiger partial charge in [0.15, 0.2) is 6.61 Å². The maximum absolute atomic E-state index is 12.3. The zero-order valence-electron chi connectivity index (χ0n) is 15.7. The Morgan fingerprint density at radius 3 is 2.46 bits per heavy atom. The molecule has 2 rings (SSSR count). The van der Waals surface area contributed by atoms with E-state index in [1.807, 2.05) is 19.1 Å². The lowest BCUT2D eigenvalue weighted by atomic mass is 10.0. The van der Waals surface area contributed by atoms with E-state index in [0.717, 1.165) is 21.3 Å². The van der Waals surface area contributed by atoms with E-state index >= 15 is 0 Å². The number of aryl methyl sites for hydroxylation is 1. The lowest BCUT2D eigenvalue weighted by molar-refractivity contribution is -0.118. The van der Waals surface area contributed by atoms with Crippen LogP contribution in [0.1, 0.15) is 30.9 Å². The molecule has 0 aliphatic carbocycles. The summed E-state index contributed by atoms with van der Waals surface area (Å²) in [4.78, 5) is 12.3. The van der Waals surface area contributed by atoms with Crippen molar-refractivity contribution in [2.24, 2.45) is 0 Å². The Morgan fingerprint density at radius 2 is 1.85 bits per heavy atom. The van der Waals surface area contributed by atoms with Crippen LogP contribution in [0, 0.1) is 6.92 Å². The molecule has 0 aliphatic heterocycles. The standard InChI is InChI=1S/C20H24BrNO4/c1-12(2)15-10-16(21)13(3)8-18(15)26-11-20(23)22-17-7-6-14(24-4)9-19(17)25-5/h6-10,12H,11H2,1-5H3,(H,22,23). The van der Waals surface area contributed by atoms with Gasteiger partial charge in [0.05, 0.1) is 19.9 Å². The smallest absolute Gasteiger partial charge is 0.262 e. The van der Waals surface area contributed by atoms with Crippen molar-refractivity contribution in [3.63, 3.8) is 0 Å². The molecule has 26 heavy (non-hydrogen) atoms. The van der Waals surface area contributed by atoms with Gasteiger partial charge in [0.1, 0.15) is 17.2 Å². The van der Waals surface area contributed by atoms with E-state index in [1.165, 1.54) is 0 Å². The summed E-state index contributed by atoms with van der Waals surface area (Å²) in [7, 11) is 3.12. The topological polar surface area (TPSA) is 56.8 Å². The number of nitrogens with one attached hydrogen (secondary N) is 1. The number of carbonyl (C=O) groups is 1. The van der Waals surface area contributed by atoms with Crippen LogP contribution in [-0.2, 0) is 4.79 Å². The zero-order chi connectivity index (χ0) is 19.3. The molecule has 0 bridgehead atoms. The number of anilines is 1. The zero-order valence-corrected chi connectivity index (χ0v) is 17.3. The highest BCUT2D eigenvalue weighted by Crippen LogP contribution is 2.32. The van der Waals surface area contributed by atoms with Gasteiger partial charge in [0.2, 0.25) is 0 Å². The minimum absolute atomic E-state index is 0.0873. The quantitative estimate of drug-likeness (QED) is 0.689. The van der Waals surface area contributed by atoms with Crippen LogP contribution in [0.4, 0.5) is 5.69 Å². The number of halogens is 1. The Balaban J connectivity index is 2.09. The molecule has 1 N–H and O–H groups in total. The fourth-order valence-corrected chi connectivity index (χ4v) is 2.84. The molecule has 0 saturated carbocycles. The number of hydrogen-bond donors (Lipinski definition) is 1. The Hall–Kier alpha value is -2.21. The lowest BCUT2D eigenvalue weighted by Gasteiger charge is -2.16. The molecule has 0 heterocycles. The second-order valence-corrected chi connectivity index (χ2v) is 7.05. The summed E-state index contributed by atoms with van der Waals surface area (Å²) in [6, 6.07) is 9.19. The summed E-state index contributed by atoms with van der Waals surface area (Å²) in [6.07, 6.45) is 0. The Bertz CT molecular complexity index is 790. The third kappa shape index (κ3) is 4.91. The number of benzene rings is 2. The molecule has 2 aromatic carbocycles. The third-order valence-corrected chi connectivity index (χ3v) is 4.81. The van der Waals surface area contributed by atoms with Crippen molar-refractivity contribution < 1.29 is 19.0 Å². The first-order chi connectivity index (χ1) is 12.3. The molecule has 0 saturated heterocycles. The number of amides is 1. The molecule has 0 atom stereocenters. The van der Waals surface area contributed by atoms with Gasteiger partial charge in [-0.15, -0.1) is 0 Å². The summed E-state index contributed by atoms with van der Waals surface area (Å²) >= 11 is 3.54. The van der Waals surface area contributed by atoms with E-state index in [1.54, 1.807) is 32.4 Å². The third-order valence-electron chi connectivity index (χ3n) is 3.95. The van der Waals surface area contributed by atoms with Crippen molar-refractivity contribution >= 4 is 27.5 Å². The Labute approximate surface area is 162 Å². The normalized spacial score (nSPS) is 10.6. The molecule has 1 amide bonds. The van der Waals surface area contributed by atoms with Crippen LogP contribution >= 0.6 is 15.9 Å². The van der Waals surface area contributed by atoms with Gasteiger partial charge >= 0.3 is 0 Å². The highest BCUT2D eigenvalue weighted by atomic mass is 79.9. The van der Waals surface area contributed by atoms with Crippen molar-refractivity contribution in [2.75, 3.05) is 26.1 Å². The number of methoxy groups -OCH3 is 2. The maximum Gasteiger partial charge on any atom is 0.262 e. The number of carbonyl (C=O) groups excluding carboxylic acids is 1. The molecule has 140 valence electrons. The summed E-state index contributed by atoms with van der Waals surface area (Å²) in [5.41, 5.74) is 2.68.